The minimum atomic E-state index is -0.231. The third-order valence-corrected chi connectivity index (χ3v) is 8.85. The maximum atomic E-state index is 13.1. The van der Waals surface area contributed by atoms with Gasteiger partial charge in [-0.2, -0.15) is 4.37 Å². The van der Waals surface area contributed by atoms with E-state index >= 15 is 0 Å². The molecule has 9 heteroatoms. The van der Waals surface area contributed by atoms with E-state index in [4.69, 9.17) is 9.47 Å². The topological polar surface area (TPSA) is 67.8 Å². The molecule has 0 radical (unpaired) electrons. The predicted molar refractivity (Wildman–Crippen MR) is 144 cm³/mol. The lowest BCUT2D eigenvalue weighted by Crippen LogP contribution is -2.56. The molecule has 0 N–H and O–H groups in total. The number of carbonyl (C=O) groups is 1. The van der Waals surface area contributed by atoms with Crippen LogP contribution in [0.5, 0.6) is 5.88 Å². The summed E-state index contributed by atoms with van der Waals surface area (Å²) in [4.78, 5) is 17.6. The van der Waals surface area contributed by atoms with E-state index in [9.17, 15) is 4.79 Å². The number of quaternary nitrogens is 1. The lowest BCUT2D eigenvalue weighted by atomic mass is 10.0. The van der Waals surface area contributed by atoms with Crippen LogP contribution in [0.4, 0.5) is 4.79 Å². The number of unbranched alkanes of at least 4 members (excludes halogenated alkanes) is 3. The molecule has 2 unspecified atom stereocenters. The Labute approximate surface area is 221 Å². The van der Waals surface area contributed by atoms with Crippen LogP contribution in [-0.4, -0.2) is 94.3 Å². The number of piperidine rings is 2. The first-order chi connectivity index (χ1) is 17.5. The van der Waals surface area contributed by atoms with Crippen LogP contribution < -0.4 is 4.74 Å². The smallest absolute Gasteiger partial charge is 0.414 e. The second kappa shape index (κ2) is 13.2. The fraction of sp³-hybridized carbons (Fsp3) is 0.815. The Morgan fingerprint density at radius 1 is 1.14 bits per heavy atom. The first kappa shape index (κ1) is 27.3. The highest BCUT2D eigenvalue weighted by atomic mass is 32.1. The summed E-state index contributed by atoms with van der Waals surface area (Å²) in [6.07, 6.45) is 13.6. The summed E-state index contributed by atoms with van der Waals surface area (Å²) in [6.45, 7) is 10.6. The average molecular weight is 521 g/mol. The quantitative estimate of drug-likeness (QED) is 0.313. The first-order valence-corrected chi connectivity index (χ1v) is 14.9. The zero-order valence-electron chi connectivity index (χ0n) is 22.6. The van der Waals surface area contributed by atoms with E-state index < -0.39 is 0 Å². The Hall–Kier alpha value is -1.71. The van der Waals surface area contributed by atoms with Crippen molar-refractivity contribution < 1.29 is 18.8 Å². The van der Waals surface area contributed by atoms with Crippen molar-refractivity contribution in [2.24, 2.45) is 0 Å². The number of rotatable bonds is 10. The van der Waals surface area contributed by atoms with E-state index in [1.165, 1.54) is 63.3 Å². The van der Waals surface area contributed by atoms with Gasteiger partial charge in [0.2, 0.25) is 6.23 Å². The largest absolute Gasteiger partial charge is 0.475 e. The van der Waals surface area contributed by atoms with Crippen molar-refractivity contribution in [3.63, 3.8) is 0 Å². The Balaban J connectivity index is 1.27. The number of likely N-dealkylation sites (tertiary alicyclic amines) is 2. The maximum absolute atomic E-state index is 13.1. The van der Waals surface area contributed by atoms with Gasteiger partial charge in [-0.3, -0.25) is 4.48 Å². The minimum Gasteiger partial charge on any atom is -0.475 e. The van der Waals surface area contributed by atoms with Gasteiger partial charge in [0, 0.05) is 38.0 Å². The highest BCUT2D eigenvalue weighted by Gasteiger charge is 2.38. The van der Waals surface area contributed by atoms with E-state index in [-0.39, 0.29) is 12.3 Å². The molecule has 0 saturated carbocycles. The van der Waals surface area contributed by atoms with Crippen molar-refractivity contribution in [2.45, 2.75) is 90.3 Å². The van der Waals surface area contributed by atoms with E-state index in [0.29, 0.717) is 23.0 Å². The Bertz CT molecular complexity index is 863. The molecule has 36 heavy (non-hydrogen) atoms. The van der Waals surface area contributed by atoms with Gasteiger partial charge in [-0.25, -0.2) is 4.79 Å². The molecule has 2 fully saturated rings. The van der Waals surface area contributed by atoms with Crippen LogP contribution in [0.3, 0.4) is 0 Å². The van der Waals surface area contributed by atoms with Crippen LogP contribution in [-0.2, 0) is 4.74 Å². The third-order valence-electron chi connectivity index (χ3n) is 8.34. The number of carbonyl (C=O) groups excluding carboxylic acids is 1. The highest BCUT2D eigenvalue weighted by Crippen LogP contribution is 2.32. The van der Waals surface area contributed by atoms with Crippen molar-refractivity contribution >= 4 is 23.4 Å². The molecule has 2 atom stereocenters. The number of aromatic nitrogens is 2. The molecule has 0 spiro atoms. The predicted octanol–water partition coefficient (Wildman–Crippen LogP) is 5.16. The van der Waals surface area contributed by atoms with E-state index in [1.54, 1.807) is 0 Å². The van der Waals surface area contributed by atoms with Crippen LogP contribution in [0, 0.1) is 0 Å². The van der Waals surface area contributed by atoms with Gasteiger partial charge in [0.05, 0.1) is 31.9 Å². The van der Waals surface area contributed by atoms with E-state index in [2.05, 4.69) is 33.7 Å². The molecule has 202 valence electrons. The molecule has 0 aliphatic carbocycles. The number of nitrogens with zero attached hydrogens (tertiary/aromatic N) is 5. The lowest BCUT2D eigenvalue weighted by molar-refractivity contribution is -0.944. The Kier molecular flexibility index (Phi) is 10.0. The molecule has 0 bridgehead atoms. The Morgan fingerprint density at radius 3 is 2.67 bits per heavy atom. The SMILES string of the molecule is CCCCCCOc1nsnc1C1=CCC[N+](C)(C(C)OC(=O)N2CCC(N3CCCCC3)CC2)C1. The van der Waals surface area contributed by atoms with Gasteiger partial charge in [-0.05, 0) is 45.2 Å². The molecule has 1 aromatic heterocycles. The Morgan fingerprint density at radius 2 is 1.92 bits per heavy atom. The standard InChI is InChI=1S/C27H46N5O3S/c1-4-5-6-10-20-34-26-25(28-36-29-26)23-12-11-19-32(3,21-23)22(2)35-27(33)31-17-13-24(14-18-31)30-15-8-7-9-16-30/h12,22,24H,4-11,13-21H2,1-3H3/q+1. The zero-order valence-corrected chi connectivity index (χ0v) is 23.4. The number of ether oxygens (including phenoxy) is 2. The summed E-state index contributed by atoms with van der Waals surface area (Å²) in [5.74, 6) is 0.650. The van der Waals surface area contributed by atoms with Gasteiger partial charge in [0.15, 0.2) is 0 Å². The molecule has 2 saturated heterocycles. The zero-order chi connectivity index (χ0) is 25.4. The maximum Gasteiger partial charge on any atom is 0.414 e. The van der Waals surface area contributed by atoms with Crippen molar-refractivity contribution in [3.8, 4) is 5.88 Å². The van der Waals surface area contributed by atoms with Crippen LogP contribution in [0.2, 0.25) is 0 Å². The molecular formula is C27H46N5O3S+. The number of amides is 1. The van der Waals surface area contributed by atoms with Gasteiger partial charge in [-0.15, -0.1) is 4.37 Å². The molecule has 3 aliphatic rings. The van der Waals surface area contributed by atoms with Crippen LogP contribution in [0.1, 0.15) is 83.7 Å². The van der Waals surface area contributed by atoms with Gasteiger partial charge in [0.1, 0.15) is 12.2 Å². The van der Waals surface area contributed by atoms with Gasteiger partial charge in [0.25, 0.3) is 5.88 Å². The summed E-state index contributed by atoms with van der Waals surface area (Å²) in [5.41, 5.74) is 2.00. The van der Waals surface area contributed by atoms with Gasteiger partial charge in [-0.1, -0.05) is 38.7 Å². The van der Waals surface area contributed by atoms with Crippen LogP contribution in [0.25, 0.3) is 5.57 Å². The fourth-order valence-corrected chi connectivity index (χ4v) is 6.29. The molecule has 1 amide bonds. The summed E-state index contributed by atoms with van der Waals surface area (Å²) in [5, 5.41) is 0. The average Bonchev–Trinajstić information content (AvgIpc) is 3.38. The minimum absolute atomic E-state index is 0.165. The van der Waals surface area contributed by atoms with Crippen molar-refractivity contribution in [1.82, 2.24) is 18.5 Å². The monoisotopic (exact) mass is 520 g/mol. The molecule has 0 aromatic carbocycles. The van der Waals surface area contributed by atoms with Gasteiger partial charge < -0.3 is 19.3 Å². The summed E-state index contributed by atoms with van der Waals surface area (Å²) in [7, 11) is 2.18. The number of hydrogen-bond acceptors (Lipinski definition) is 7. The fourth-order valence-electron chi connectivity index (χ4n) is 5.76. The van der Waals surface area contributed by atoms with E-state index in [0.717, 1.165) is 63.1 Å². The van der Waals surface area contributed by atoms with Crippen molar-refractivity contribution in [1.29, 1.82) is 0 Å². The summed E-state index contributed by atoms with van der Waals surface area (Å²) in [6, 6.07) is 0.626. The van der Waals surface area contributed by atoms with Crippen molar-refractivity contribution in [2.75, 3.05) is 52.9 Å². The summed E-state index contributed by atoms with van der Waals surface area (Å²) < 4.78 is 21.7. The molecule has 4 rings (SSSR count). The molecule has 4 heterocycles. The highest BCUT2D eigenvalue weighted by molar-refractivity contribution is 6.99. The molecule has 1 aromatic rings. The third kappa shape index (κ3) is 6.98. The molecular weight excluding hydrogens is 474 g/mol. The second-order valence-electron chi connectivity index (χ2n) is 11.0. The molecule has 8 nitrogen and oxygen atoms in total. The summed E-state index contributed by atoms with van der Waals surface area (Å²) >= 11 is 1.21. The van der Waals surface area contributed by atoms with Crippen molar-refractivity contribution in [3.05, 3.63) is 11.8 Å². The lowest BCUT2D eigenvalue weighted by Gasteiger charge is -2.43. The second-order valence-corrected chi connectivity index (χ2v) is 11.5. The number of hydrogen-bond donors (Lipinski definition) is 0. The molecule has 3 aliphatic heterocycles. The first-order valence-electron chi connectivity index (χ1n) is 14.2. The number of likely N-dealkylation sites (N-methyl/N-ethyl adjacent to an activating group) is 1. The van der Waals surface area contributed by atoms with Gasteiger partial charge >= 0.3 is 6.09 Å². The van der Waals surface area contributed by atoms with E-state index in [1.807, 2.05) is 11.8 Å². The van der Waals surface area contributed by atoms with Crippen LogP contribution in [0.15, 0.2) is 6.08 Å². The van der Waals surface area contributed by atoms with Crippen LogP contribution >= 0.6 is 11.7 Å². The normalized spacial score (nSPS) is 24.9.